The van der Waals surface area contributed by atoms with Crippen molar-refractivity contribution in [2.24, 2.45) is 11.7 Å². The van der Waals surface area contributed by atoms with E-state index in [4.69, 9.17) is 5.73 Å². The summed E-state index contributed by atoms with van der Waals surface area (Å²) in [6.45, 7) is 2.90. The first-order valence-corrected chi connectivity index (χ1v) is 6.31. The third-order valence-electron chi connectivity index (χ3n) is 2.89. The summed E-state index contributed by atoms with van der Waals surface area (Å²) in [4.78, 5) is 4.28. The van der Waals surface area contributed by atoms with Crippen molar-refractivity contribution in [1.82, 2.24) is 9.36 Å². The van der Waals surface area contributed by atoms with Crippen LogP contribution in [-0.2, 0) is 0 Å². The number of nitrogens with one attached hydrogen (secondary N) is 1. The van der Waals surface area contributed by atoms with Crippen molar-refractivity contribution in [2.45, 2.75) is 38.6 Å². The minimum Gasteiger partial charge on any atom is -0.360 e. The van der Waals surface area contributed by atoms with E-state index < -0.39 is 0 Å². The lowest BCUT2D eigenvalue weighted by Gasteiger charge is -2.26. The molecule has 0 radical (unpaired) electrons. The summed E-state index contributed by atoms with van der Waals surface area (Å²) in [5, 5.41) is 4.28. The van der Waals surface area contributed by atoms with Gasteiger partial charge in [-0.15, -0.1) is 0 Å². The zero-order chi connectivity index (χ0) is 10.7. The normalized spacial score (nSPS) is 26.5. The number of hydrogen-bond donors (Lipinski definition) is 2. The van der Waals surface area contributed by atoms with Crippen LogP contribution in [0.5, 0.6) is 0 Å². The summed E-state index contributed by atoms with van der Waals surface area (Å²) in [6, 6.07) is 0.404. The summed E-state index contributed by atoms with van der Waals surface area (Å²) in [6.07, 6.45) is 4.89. The number of aryl methyl sites for hydroxylation is 1. The number of anilines is 1. The van der Waals surface area contributed by atoms with Crippen LogP contribution in [0.25, 0.3) is 0 Å². The Hall–Kier alpha value is -0.680. The molecule has 84 valence electrons. The van der Waals surface area contributed by atoms with Gasteiger partial charge in [0.25, 0.3) is 0 Å². The summed E-state index contributed by atoms with van der Waals surface area (Å²) in [5.74, 6) is 1.56. The minimum atomic E-state index is 0.404. The maximum absolute atomic E-state index is 5.95. The van der Waals surface area contributed by atoms with Crippen molar-refractivity contribution in [3.05, 3.63) is 5.82 Å². The fourth-order valence-corrected chi connectivity index (χ4v) is 2.70. The Morgan fingerprint density at radius 1 is 1.53 bits per heavy atom. The fraction of sp³-hybridized carbons (Fsp3) is 0.800. The molecule has 15 heavy (non-hydrogen) atoms. The van der Waals surface area contributed by atoms with Gasteiger partial charge in [-0.25, -0.2) is 4.98 Å². The molecule has 0 amide bonds. The third-order valence-corrected chi connectivity index (χ3v) is 3.66. The van der Waals surface area contributed by atoms with Crippen molar-refractivity contribution in [1.29, 1.82) is 0 Å². The van der Waals surface area contributed by atoms with Crippen molar-refractivity contribution in [3.63, 3.8) is 0 Å². The molecular formula is C10H18N4S. The summed E-state index contributed by atoms with van der Waals surface area (Å²) in [7, 11) is 0. The van der Waals surface area contributed by atoms with Gasteiger partial charge in [0.15, 0.2) is 0 Å². The van der Waals surface area contributed by atoms with Gasteiger partial charge in [-0.3, -0.25) is 0 Å². The standard InChI is InChI=1S/C10H18N4S/c1-7-13-10(15-14-7)12-6-8-3-2-4-9(11)5-8/h8-9H,2-6,11H2,1H3,(H,12,13,14). The molecule has 1 aliphatic carbocycles. The predicted octanol–water partition coefficient (Wildman–Crippen LogP) is 1.78. The van der Waals surface area contributed by atoms with E-state index >= 15 is 0 Å². The van der Waals surface area contributed by atoms with E-state index in [1.807, 2.05) is 6.92 Å². The van der Waals surface area contributed by atoms with Crippen LogP contribution in [0.4, 0.5) is 5.13 Å². The molecule has 0 aliphatic heterocycles. The predicted molar refractivity (Wildman–Crippen MR) is 63.1 cm³/mol. The van der Waals surface area contributed by atoms with E-state index in [0.717, 1.165) is 23.9 Å². The molecular weight excluding hydrogens is 208 g/mol. The number of rotatable bonds is 3. The Balaban J connectivity index is 1.77. The van der Waals surface area contributed by atoms with Gasteiger partial charge >= 0.3 is 0 Å². The smallest absolute Gasteiger partial charge is 0.202 e. The molecule has 5 heteroatoms. The van der Waals surface area contributed by atoms with Crippen molar-refractivity contribution < 1.29 is 0 Å². The van der Waals surface area contributed by atoms with E-state index in [1.54, 1.807) is 0 Å². The maximum atomic E-state index is 5.95. The van der Waals surface area contributed by atoms with Gasteiger partial charge in [-0.2, -0.15) is 4.37 Å². The van der Waals surface area contributed by atoms with E-state index in [0.29, 0.717) is 12.0 Å². The summed E-state index contributed by atoms with van der Waals surface area (Å²) >= 11 is 1.44. The highest BCUT2D eigenvalue weighted by atomic mass is 32.1. The molecule has 2 atom stereocenters. The maximum Gasteiger partial charge on any atom is 0.202 e. The van der Waals surface area contributed by atoms with Crippen LogP contribution in [0.2, 0.25) is 0 Å². The fourth-order valence-electron chi connectivity index (χ4n) is 2.12. The highest BCUT2D eigenvalue weighted by Gasteiger charge is 2.19. The van der Waals surface area contributed by atoms with Crippen LogP contribution >= 0.6 is 11.5 Å². The third kappa shape index (κ3) is 3.14. The first-order chi connectivity index (χ1) is 7.24. The molecule has 0 aromatic carbocycles. The number of hydrogen-bond acceptors (Lipinski definition) is 5. The second kappa shape index (κ2) is 4.90. The van der Waals surface area contributed by atoms with Gasteiger partial charge in [0, 0.05) is 24.1 Å². The Labute approximate surface area is 94.5 Å². The summed E-state index contributed by atoms with van der Waals surface area (Å²) in [5.41, 5.74) is 5.95. The van der Waals surface area contributed by atoms with Crippen LogP contribution in [0.3, 0.4) is 0 Å². The molecule has 0 saturated heterocycles. The van der Waals surface area contributed by atoms with Crippen LogP contribution in [0, 0.1) is 12.8 Å². The topological polar surface area (TPSA) is 63.8 Å². The van der Waals surface area contributed by atoms with E-state index in [1.165, 1.54) is 30.8 Å². The average molecular weight is 226 g/mol. The van der Waals surface area contributed by atoms with Crippen LogP contribution in [0.15, 0.2) is 0 Å². The molecule has 1 saturated carbocycles. The molecule has 1 aromatic heterocycles. The molecule has 2 rings (SSSR count). The molecule has 1 heterocycles. The quantitative estimate of drug-likeness (QED) is 0.824. The SMILES string of the molecule is Cc1nsc(NCC2CCCC(N)C2)n1. The largest absolute Gasteiger partial charge is 0.360 e. The van der Waals surface area contributed by atoms with Crippen LogP contribution in [-0.4, -0.2) is 21.9 Å². The number of nitrogens with two attached hydrogens (primary N) is 1. The van der Waals surface area contributed by atoms with Crippen LogP contribution in [0.1, 0.15) is 31.5 Å². The molecule has 3 N–H and O–H groups in total. The lowest BCUT2D eigenvalue weighted by molar-refractivity contribution is 0.335. The molecule has 1 aromatic rings. The zero-order valence-electron chi connectivity index (χ0n) is 9.07. The number of aromatic nitrogens is 2. The lowest BCUT2D eigenvalue weighted by atomic mass is 9.86. The van der Waals surface area contributed by atoms with Gasteiger partial charge in [0.05, 0.1) is 0 Å². The molecule has 2 unspecified atom stereocenters. The van der Waals surface area contributed by atoms with Gasteiger partial charge < -0.3 is 11.1 Å². The molecule has 1 aliphatic rings. The highest BCUT2D eigenvalue weighted by Crippen LogP contribution is 2.23. The molecule has 4 nitrogen and oxygen atoms in total. The Kier molecular flexibility index (Phi) is 3.53. The Bertz CT molecular complexity index is 312. The first-order valence-electron chi connectivity index (χ1n) is 5.54. The molecule has 0 spiro atoms. The Morgan fingerprint density at radius 2 is 2.40 bits per heavy atom. The summed E-state index contributed by atoms with van der Waals surface area (Å²) < 4.78 is 4.14. The second-order valence-electron chi connectivity index (χ2n) is 4.32. The van der Waals surface area contributed by atoms with Gasteiger partial charge in [0.2, 0.25) is 5.13 Å². The molecule has 0 bridgehead atoms. The second-order valence-corrected chi connectivity index (χ2v) is 5.07. The lowest BCUT2D eigenvalue weighted by Crippen LogP contribution is -2.30. The van der Waals surface area contributed by atoms with Crippen molar-refractivity contribution >= 4 is 16.7 Å². The van der Waals surface area contributed by atoms with Crippen LogP contribution < -0.4 is 11.1 Å². The zero-order valence-corrected chi connectivity index (χ0v) is 9.89. The highest BCUT2D eigenvalue weighted by molar-refractivity contribution is 7.09. The van der Waals surface area contributed by atoms with E-state index in [-0.39, 0.29) is 0 Å². The van der Waals surface area contributed by atoms with E-state index in [9.17, 15) is 0 Å². The first kappa shape index (κ1) is 10.8. The van der Waals surface area contributed by atoms with E-state index in [2.05, 4.69) is 14.7 Å². The van der Waals surface area contributed by atoms with Crippen molar-refractivity contribution in [3.8, 4) is 0 Å². The van der Waals surface area contributed by atoms with Gasteiger partial charge in [-0.05, 0) is 32.1 Å². The minimum absolute atomic E-state index is 0.404. The molecule has 1 fully saturated rings. The van der Waals surface area contributed by atoms with Crippen molar-refractivity contribution in [2.75, 3.05) is 11.9 Å². The monoisotopic (exact) mass is 226 g/mol. The van der Waals surface area contributed by atoms with Gasteiger partial charge in [-0.1, -0.05) is 6.42 Å². The number of nitrogens with zero attached hydrogens (tertiary/aromatic N) is 2. The average Bonchev–Trinajstić information content (AvgIpc) is 2.62. The van der Waals surface area contributed by atoms with Gasteiger partial charge in [0.1, 0.15) is 5.82 Å². The Morgan fingerprint density at radius 3 is 3.07 bits per heavy atom.